The molecule has 1 fully saturated rings. The van der Waals surface area contributed by atoms with Crippen LogP contribution in [0.2, 0.25) is 0 Å². The average molecular weight is 261 g/mol. The van der Waals surface area contributed by atoms with Crippen molar-refractivity contribution in [2.45, 2.75) is 32.0 Å². The van der Waals surface area contributed by atoms with E-state index in [0.29, 0.717) is 32.5 Å². The summed E-state index contributed by atoms with van der Waals surface area (Å²) in [6.45, 7) is 6.93. The van der Waals surface area contributed by atoms with Crippen molar-refractivity contribution in [3.63, 3.8) is 0 Å². The summed E-state index contributed by atoms with van der Waals surface area (Å²) in [4.78, 5) is 2.22. The van der Waals surface area contributed by atoms with Gasteiger partial charge in [-0.25, -0.2) is 0 Å². The van der Waals surface area contributed by atoms with Crippen LogP contribution in [0.25, 0.3) is 0 Å². The van der Waals surface area contributed by atoms with E-state index in [-0.39, 0.29) is 0 Å². The molecule has 1 N–H and O–H groups in total. The molecule has 0 bridgehead atoms. The molecular weight excluding hydrogens is 234 g/mol. The second kappa shape index (κ2) is 9.69. The first kappa shape index (κ1) is 15.9. The molecule has 1 heterocycles. The number of methoxy groups -OCH3 is 1. The smallest absolute Gasteiger partial charge is 0.0900 e. The highest BCUT2D eigenvalue weighted by atomic mass is 16.5. The van der Waals surface area contributed by atoms with Gasteiger partial charge < -0.3 is 19.3 Å². The Labute approximate surface area is 110 Å². The largest absolute Gasteiger partial charge is 0.389 e. The monoisotopic (exact) mass is 261 g/mol. The first-order chi connectivity index (χ1) is 8.76. The molecule has 0 saturated carbocycles. The lowest BCUT2D eigenvalue weighted by Crippen LogP contribution is -2.39. The molecule has 0 amide bonds. The molecule has 2 unspecified atom stereocenters. The second-order valence-electron chi connectivity index (χ2n) is 4.71. The molecule has 1 rings (SSSR count). The predicted octanol–water partition coefficient (Wildman–Crippen LogP) is 0.511. The molecule has 0 aromatic rings. The molecule has 108 valence electrons. The Hall–Kier alpha value is -0.200. The Bertz CT molecular complexity index is 197. The lowest BCUT2D eigenvalue weighted by molar-refractivity contribution is -0.00747. The minimum absolute atomic E-state index is 0.339. The van der Waals surface area contributed by atoms with Gasteiger partial charge >= 0.3 is 0 Å². The minimum Gasteiger partial charge on any atom is -0.389 e. The molecule has 5 heteroatoms. The fraction of sp³-hybridized carbons (Fsp3) is 1.00. The third-order valence-electron chi connectivity index (χ3n) is 3.14. The standard InChI is InChI=1S/C13H27NO4/c1-3-14(10-13-5-4-6-18-13)9-12(15)11-17-8-7-16-2/h12-13,15H,3-11H2,1-2H3. The van der Waals surface area contributed by atoms with Gasteiger partial charge in [-0.3, -0.25) is 4.90 Å². The van der Waals surface area contributed by atoms with Crippen molar-refractivity contribution in [3.05, 3.63) is 0 Å². The van der Waals surface area contributed by atoms with E-state index in [0.717, 1.165) is 32.5 Å². The van der Waals surface area contributed by atoms with Gasteiger partial charge in [-0.05, 0) is 19.4 Å². The van der Waals surface area contributed by atoms with Crippen molar-refractivity contribution in [1.29, 1.82) is 0 Å². The van der Waals surface area contributed by atoms with Crippen molar-refractivity contribution < 1.29 is 19.3 Å². The van der Waals surface area contributed by atoms with Crippen molar-refractivity contribution in [1.82, 2.24) is 4.90 Å². The quantitative estimate of drug-likeness (QED) is 0.581. The summed E-state index contributed by atoms with van der Waals surface area (Å²) < 4.78 is 15.8. The van der Waals surface area contributed by atoms with Crippen LogP contribution in [0.15, 0.2) is 0 Å². The van der Waals surface area contributed by atoms with Crippen LogP contribution < -0.4 is 0 Å². The normalized spacial score (nSPS) is 21.7. The molecule has 0 spiro atoms. The fourth-order valence-electron chi connectivity index (χ4n) is 2.12. The predicted molar refractivity (Wildman–Crippen MR) is 69.8 cm³/mol. The van der Waals surface area contributed by atoms with E-state index in [2.05, 4.69) is 11.8 Å². The summed E-state index contributed by atoms with van der Waals surface area (Å²) in [7, 11) is 1.64. The molecule has 18 heavy (non-hydrogen) atoms. The van der Waals surface area contributed by atoms with Crippen LogP contribution in [0.1, 0.15) is 19.8 Å². The van der Waals surface area contributed by atoms with Crippen LogP contribution in [-0.4, -0.2) is 75.4 Å². The fourth-order valence-corrected chi connectivity index (χ4v) is 2.12. The Morgan fingerprint density at radius 1 is 1.44 bits per heavy atom. The Balaban J connectivity index is 2.11. The van der Waals surface area contributed by atoms with Gasteiger partial charge in [0.05, 0.1) is 32.0 Å². The zero-order valence-corrected chi connectivity index (χ0v) is 11.6. The van der Waals surface area contributed by atoms with Crippen molar-refractivity contribution in [2.24, 2.45) is 0 Å². The van der Waals surface area contributed by atoms with E-state index < -0.39 is 6.10 Å². The number of hydrogen-bond acceptors (Lipinski definition) is 5. The third kappa shape index (κ3) is 6.66. The number of rotatable bonds is 10. The number of aliphatic hydroxyl groups is 1. The highest BCUT2D eigenvalue weighted by Gasteiger charge is 2.19. The van der Waals surface area contributed by atoms with Crippen molar-refractivity contribution in [2.75, 3.05) is 53.2 Å². The number of hydrogen-bond donors (Lipinski definition) is 1. The van der Waals surface area contributed by atoms with Gasteiger partial charge in [-0.1, -0.05) is 6.92 Å². The second-order valence-corrected chi connectivity index (χ2v) is 4.71. The van der Waals surface area contributed by atoms with E-state index in [9.17, 15) is 5.11 Å². The molecule has 1 aliphatic rings. The van der Waals surface area contributed by atoms with Crippen LogP contribution in [0.4, 0.5) is 0 Å². The molecule has 1 saturated heterocycles. The molecule has 1 aliphatic heterocycles. The van der Waals surface area contributed by atoms with Gasteiger partial charge in [0.2, 0.25) is 0 Å². The summed E-state index contributed by atoms with van der Waals surface area (Å²) in [5.74, 6) is 0. The summed E-state index contributed by atoms with van der Waals surface area (Å²) in [5, 5.41) is 9.88. The van der Waals surface area contributed by atoms with E-state index in [4.69, 9.17) is 14.2 Å². The third-order valence-corrected chi connectivity index (χ3v) is 3.14. The number of aliphatic hydroxyl groups excluding tert-OH is 1. The van der Waals surface area contributed by atoms with Crippen LogP contribution in [0.5, 0.6) is 0 Å². The summed E-state index contributed by atoms with van der Waals surface area (Å²) >= 11 is 0. The van der Waals surface area contributed by atoms with Crippen molar-refractivity contribution >= 4 is 0 Å². The molecular formula is C13H27NO4. The van der Waals surface area contributed by atoms with Crippen LogP contribution >= 0.6 is 0 Å². The van der Waals surface area contributed by atoms with Gasteiger partial charge in [0, 0.05) is 26.8 Å². The molecule has 2 atom stereocenters. The maximum absolute atomic E-state index is 9.88. The van der Waals surface area contributed by atoms with Crippen LogP contribution in [0.3, 0.4) is 0 Å². The lowest BCUT2D eigenvalue weighted by atomic mass is 10.2. The number of likely N-dealkylation sites (N-methyl/N-ethyl adjacent to an activating group) is 1. The zero-order chi connectivity index (χ0) is 13.2. The van der Waals surface area contributed by atoms with Gasteiger partial charge in [-0.2, -0.15) is 0 Å². The van der Waals surface area contributed by atoms with Gasteiger partial charge in [0.1, 0.15) is 0 Å². The SMILES string of the molecule is CCN(CC(O)COCCOC)CC1CCCO1. The molecule has 0 aliphatic carbocycles. The Kier molecular flexibility index (Phi) is 8.54. The van der Waals surface area contributed by atoms with E-state index >= 15 is 0 Å². The first-order valence-corrected chi connectivity index (χ1v) is 6.85. The van der Waals surface area contributed by atoms with Crippen LogP contribution in [-0.2, 0) is 14.2 Å². The highest BCUT2D eigenvalue weighted by Crippen LogP contribution is 2.13. The molecule has 0 radical (unpaired) electrons. The maximum atomic E-state index is 9.88. The Morgan fingerprint density at radius 2 is 2.28 bits per heavy atom. The van der Waals surface area contributed by atoms with E-state index in [1.807, 2.05) is 0 Å². The van der Waals surface area contributed by atoms with Crippen molar-refractivity contribution in [3.8, 4) is 0 Å². The molecule has 0 aromatic heterocycles. The van der Waals surface area contributed by atoms with Gasteiger partial charge in [0.25, 0.3) is 0 Å². The minimum atomic E-state index is -0.441. The molecule has 5 nitrogen and oxygen atoms in total. The van der Waals surface area contributed by atoms with E-state index in [1.54, 1.807) is 7.11 Å². The maximum Gasteiger partial charge on any atom is 0.0900 e. The number of nitrogens with zero attached hydrogens (tertiary/aromatic N) is 1. The first-order valence-electron chi connectivity index (χ1n) is 6.85. The topological polar surface area (TPSA) is 51.2 Å². The van der Waals surface area contributed by atoms with Gasteiger partial charge in [-0.15, -0.1) is 0 Å². The highest BCUT2D eigenvalue weighted by molar-refractivity contribution is 4.72. The lowest BCUT2D eigenvalue weighted by Gasteiger charge is -2.26. The summed E-state index contributed by atoms with van der Waals surface area (Å²) in [6.07, 6.45) is 2.19. The van der Waals surface area contributed by atoms with Gasteiger partial charge in [0.15, 0.2) is 0 Å². The average Bonchev–Trinajstić information content (AvgIpc) is 2.86. The summed E-state index contributed by atoms with van der Waals surface area (Å²) in [6, 6.07) is 0. The summed E-state index contributed by atoms with van der Waals surface area (Å²) in [5.41, 5.74) is 0. The Morgan fingerprint density at radius 3 is 2.89 bits per heavy atom. The van der Waals surface area contributed by atoms with E-state index in [1.165, 1.54) is 0 Å². The molecule has 0 aromatic carbocycles. The number of ether oxygens (including phenoxy) is 3. The zero-order valence-electron chi connectivity index (χ0n) is 11.6. The van der Waals surface area contributed by atoms with Crippen LogP contribution in [0, 0.1) is 0 Å².